The van der Waals surface area contributed by atoms with Gasteiger partial charge in [0.2, 0.25) is 0 Å². The molecule has 162 valence electrons. The Bertz CT molecular complexity index is 1090. The number of piperazine rings is 1. The minimum atomic E-state index is -1.42. The Hall–Kier alpha value is -3.34. The molecule has 1 saturated heterocycles. The van der Waals surface area contributed by atoms with Gasteiger partial charge in [0.15, 0.2) is 0 Å². The van der Waals surface area contributed by atoms with Crippen molar-refractivity contribution in [1.82, 2.24) is 14.9 Å². The second kappa shape index (κ2) is 8.06. The molecular weight excluding hydrogens is 397 g/mol. The summed E-state index contributed by atoms with van der Waals surface area (Å²) in [5.74, 6) is 0. The zero-order chi connectivity index (χ0) is 22.2. The van der Waals surface area contributed by atoms with Crippen molar-refractivity contribution in [2.24, 2.45) is 0 Å². The molecule has 1 aliphatic carbocycles. The quantitative estimate of drug-likeness (QED) is 0.746. The predicted octanol–water partition coefficient (Wildman–Crippen LogP) is 4.17. The van der Waals surface area contributed by atoms with Crippen molar-refractivity contribution in [2.45, 2.75) is 38.5 Å². The van der Waals surface area contributed by atoms with Crippen molar-refractivity contribution >= 4 is 28.4 Å². The Balaban J connectivity index is 1.53. The first-order valence-corrected chi connectivity index (χ1v) is 10.5. The molecule has 2 aromatic heterocycles. The number of halogens is 1. The molecule has 3 heterocycles. The number of nitriles is 1. The van der Waals surface area contributed by atoms with E-state index >= 15 is 0 Å². The minimum absolute atomic E-state index is 0.428. The fourth-order valence-corrected chi connectivity index (χ4v) is 4.22. The van der Waals surface area contributed by atoms with Crippen LogP contribution in [0.1, 0.15) is 37.9 Å². The summed E-state index contributed by atoms with van der Waals surface area (Å²) in [5, 5.41) is 10.6. The van der Waals surface area contributed by atoms with Gasteiger partial charge in [-0.05, 0) is 38.3 Å². The number of carbonyl (C=O) groups is 1. The highest BCUT2D eigenvalue weighted by Crippen LogP contribution is 2.38. The number of anilines is 1. The molecule has 1 aliphatic heterocycles. The number of aromatic nitrogens is 2. The second-order valence-electron chi connectivity index (χ2n) is 8.15. The van der Waals surface area contributed by atoms with Crippen LogP contribution in [0.25, 0.3) is 16.6 Å². The Labute approximate surface area is 180 Å². The zero-order valence-corrected chi connectivity index (χ0v) is 17.8. The molecule has 8 heteroatoms. The SMILES string of the molecule is C=C/C(=C\C)c1[nH]c2nccc(N3CCN(C(=O)O[C@H]4CCC4(C)F)CC3)c2c1C#N. The Morgan fingerprint density at radius 3 is 2.74 bits per heavy atom. The fraction of sp³-hybridized carbons (Fsp3) is 0.435. The van der Waals surface area contributed by atoms with Crippen molar-refractivity contribution < 1.29 is 13.9 Å². The number of aromatic amines is 1. The van der Waals surface area contributed by atoms with Gasteiger partial charge in [-0.3, -0.25) is 0 Å². The minimum Gasteiger partial charge on any atom is -0.443 e. The first kappa shape index (κ1) is 20.9. The van der Waals surface area contributed by atoms with Crippen LogP contribution in [0.2, 0.25) is 0 Å². The topological polar surface area (TPSA) is 85.2 Å². The highest BCUT2D eigenvalue weighted by atomic mass is 19.1. The van der Waals surface area contributed by atoms with Crippen molar-refractivity contribution in [3.63, 3.8) is 0 Å². The summed E-state index contributed by atoms with van der Waals surface area (Å²) in [4.78, 5) is 23.8. The van der Waals surface area contributed by atoms with E-state index in [-0.39, 0.29) is 0 Å². The third kappa shape index (κ3) is 3.65. The summed E-state index contributed by atoms with van der Waals surface area (Å²) in [6.45, 7) is 9.28. The fourth-order valence-electron chi connectivity index (χ4n) is 4.22. The third-order valence-corrected chi connectivity index (χ3v) is 6.29. The molecule has 0 bridgehead atoms. The molecule has 1 N–H and O–H groups in total. The van der Waals surface area contributed by atoms with E-state index < -0.39 is 17.9 Å². The molecule has 2 atom stereocenters. The van der Waals surface area contributed by atoms with Crippen molar-refractivity contribution in [2.75, 3.05) is 31.1 Å². The number of hydrogen-bond donors (Lipinski definition) is 1. The number of ether oxygens (including phenoxy) is 1. The molecule has 4 rings (SSSR count). The van der Waals surface area contributed by atoms with E-state index in [1.165, 1.54) is 6.92 Å². The van der Waals surface area contributed by atoms with Crippen molar-refractivity contribution in [3.05, 3.63) is 42.3 Å². The van der Waals surface area contributed by atoms with E-state index in [0.29, 0.717) is 55.9 Å². The number of nitrogens with zero attached hydrogens (tertiary/aromatic N) is 4. The molecule has 1 amide bonds. The first-order valence-electron chi connectivity index (χ1n) is 10.5. The second-order valence-corrected chi connectivity index (χ2v) is 8.15. The van der Waals surface area contributed by atoms with Crippen LogP contribution < -0.4 is 4.90 Å². The number of allylic oxidation sites excluding steroid dienone is 3. The van der Waals surface area contributed by atoms with Gasteiger partial charge < -0.3 is 19.5 Å². The van der Waals surface area contributed by atoms with Gasteiger partial charge in [0.25, 0.3) is 0 Å². The lowest BCUT2D eigenvalue weighted by atomic mass is 9.80. The van der Waals surface area contributed by atoms with E-state index in [1.54, 1.807) is 17.2 Å². The maximum atomic E-state index is 14.1. The van der Waals surface area contributed by atoms with Crippen LogP contribution in [0.3, 0.4) is 0 Å². The number of H-pyrrole nitrogens is 1. The molecule has 2 aliphatic rings. The lowest BCUT2D eigenvalue weighted by Gasteiger charge is -2.41. The highest BCUT2D eigenvalue weighted by molar-refractivity contribution is 5.99. The highest BCUT2D eigenvalue weighted by Gasteiger charge is 2.46. The van der Waals surface area contributed by atoms with Crippen molar-refractivity contribution in [1.29, 1.82) is 5.26 Å². The average molecular weight is 423 g/mol. The molecule has 0 spiro atoms. The first-order chi connectivity index (χ1) is 14.9. The number of nitrogens with one attached hydrogen (secondary N) is 1. The summed E-state index contributed by atoms with van der Waals surface area (Å²) in [7, 11) is 0. The monoisotopic (exact) mass is 423 g/mol. The van der Waals surface area contributed by atoms with Crippen LogP contribution in [0.5, 0.6) is 0 Å². The standard InChI is InChI=1S/C23H26FN5O2/c1-4-15(5-2)20-16(14-25)19-17(7-9-26-21(19)27-20)28-10-12-29(13-11-28)22(30)31-18-6-8-23(18,3)24/h4-5,7,9,18H,1,6,8,10-13H2,2-3H3,(H,26,27)/b15-5+/t18-,23?/m0/s1. The number of amides is 1. The van der Waals surface area contributed by atoms with Crippen LogP contribution in [0.15, 0.2) is 31.0 Å². The maximum Gasteiger partial charge on any atom is 0.410 e. The van der Waals surface area contributed by atoms with Gasteiger partial charge in [0.1, 0.15) is 23.5 Å². The van der Waals surface area contributed by atoms with E-state index in [0.717, 1.165) is 16.6 Å². The average Bonchev–Trinajstić information content (AvgIpc) is 3.16. The number of hydrogen-bond acceptors (Lipinski definition) is 5. The molecule has 7 nitrogen and oxygen atoms in total. The summed E-state index contributed by atoms with van der Waals surface area (Å²) < 4.78 is 19.4. The molecule has 0 radical (unpaired) electrons. The van der Waals surface area contributed by atoms with Gasteiger partial charge in [0, 0.05) is 32.4 Å². The third-order valence-electron chi connectivity index (χ3n) is 6.29. The van der Waals surface area contributed by atoms with Gasteiger partial charge in [-0.2, -0.15) is 5.26 Å². The molecule has 1 unspecified atom stereocenters. The zero-order valence-electron chi connectivity index (χ0n) is 17.8. The summed E-state index contributed by atoms with van der Waals surface area (Å²) in [6.07, 6.45) is 5.20. The maximum absolute atomic E-state index is 14.1. The van der Waals surface area contributed by atoms with Crippen LogP contribution in [0, 0.1) is 11.3 Å². The van der Waals surface area contributed by atoms with E-state index in [1.807, 2.05) is 19.1 Å². The molecule has 2 fully saturated rings. The summed E-state index contributed by atoms with van der Waals surface area (Å²) in [6, 6.07) is 4.20. The number of pyridine rings is 1. The van der Waals surface area contributed by atoms with Gasteiger partial charge >= 0.3 is 6.09 Å². The van der Waals surface area contributed by atoms with Crippen LogP contribution >= 0.6 is 0 Å². The van der Waals surface area contributed by atoms with Crippen LogP contribution in [0.4, 0.5) is 14.9 Å². The van der Waals surface area contributed by atoms with Gasteiger partial charge in [-0.25, -0.2) is 14.2 Å². The molecule has 1 saturated carbocycles. The van der Waals surface area contributed by atoms with Gasteiger partial charge in [0.05, 0.1) is 22.3 Å². The van der Waals surface area contributed by atoms with Gasteiger partial charge in [-0.1, -0.05) is 18.7 Å². The van der Waals surface area contributed by atoms with E-state index in [2.05, 4.69) is 27.5 Å². The number of rotatable bonds is 4. The molecule has 2 aromatic rings. The van der Waals surface area contributed by atoms with E-state index in [4.69, 9.17) is 4.74 Å². The number of fused-ring (bicyclic) bond motifs is 1. The number of alkyl halides is 1. The normalized spacial score (nSPS) is 23.9. The number of carbonyl (C=O) groups excluding carboxylic acids is 1. The molecular formula is C23H26FN5O2. The summed E-state index contributed by atoms with van der Waals surface area (Å²) in [5.41, 5.74) is 2.18. The van der Waals surface area contributed by atoms with Crippen LogP contribution in [-0.4, -0.2) is 58.9 Å². The van der Waals surface area contributed by atoms with E-state index in [9.17, 15) is 14.4 Å². The largest absolute Gasteiger partial charge is 0.443 e. The summed E-state index contributed by atoms with van der Waals surface area (Å²) >= 11 is 0. The molecule has 31 heavy (non-hydrogen) atoms. The molecule has 0 aromatic carbocycles. The van der Waals surface area contributed by atoms with Crippen LogP contribution in [-0.2, 0) is 4.74 Å². The lowest BCUT2D eigenvalue weighted by molar-refractivity contribution is -0.0895. The van der Waals surface area contributed by atoms with Gasteiger partial charge in [-0.15, -0.1) is 0 Å². The lowest BCUT2D eigenvalue weighted by Crippen LogP contribution is -2.53. The Morgan fingerprint density at radius 2 is 2.19 bits per heavy atom. The van der Waals surface area contributed by atoms with Crippen molar-refractivity contribution in [3.8, 4) is 6.07 Å². The smallest absolute Gasteiger partial charge is 0.410 e. The predicted molar refractivity (Wildman–Crippen MR) is 117 cm³/mol. The Kier molecular flexibility index (Phi) is 5.44. The Morgan fingerprint density at radius 1 is 1.45 bits per heavy atom.